The van der Waals surface area contributed by atoms with Gasteiger partial charge >= 0.3 is 0 Å². The van der Waals surface area contributed by atoms with E-state index in [2.05, 4.69) is 20.1 Å². The van der Waals surface area contributed by atoms with Crippen molar-refractivity contribution >= 4 is 5.69 Å². The zero-order valence-electron chi connectivity index (χ0n) is 11.8. The molecule has 0 amide bonds. The Kier molecular flexibility index (Phi) is 3.85. The summed E-state index contributed by atoms with van der Waals surface area (Å²) < 4.78 is 7.28. The predicted molar refractivity (Wildman–Crippen MR) is 77.9 cm³/mol. The molecule has 20 heavy (non-hydrogen) atoms. The summed E-state index contributed by atoms with van der Waals surface area (Å²) in [6.07, 6.45) is 4.76. The fraction of sp³-hybridized carbons (Fsp3) is 0.467. The van der Waals surface area contributed by atoms with E-state index in [4.69, 9.17) is 4.74 Å². The number of rotatable bonds is 4. The van der Waals surface area contributed by atoms with Gasteiger partial charge in [0.25, 0.3) is 0 Å². The highest BCUT2D eigenvalue weighted by molar-refractivity contribution is 5.48. The highest BCUT2D eigenvalue weighted by Crippen LogP contribution is 2.17. The monoisotopic (exact) mass is 272 g/mol. The first kappa shape index (κ1) is 13.0. The van der Waals surface area contributed by atoms with Gasteiger partial charge in [0, 0.05) is 24.7 Å². The molecule has 1 aromatic heterocycles. The number of fused-ring (bicyclic) bond motifs is 1. The first-order chi connectivity index (χ1) is 9.85. The molecule has 0 spiro atoms. The van der Waals surface area contributed by atoms with Crippen LogP contribution in [0.1, 0.15) is 30.9 Å². The predicted octanol–water partition coefficient (Wildman–Crippen LogP) is 2.63. The van der Waals surface area contributed by atoms with E-state index in [-0.39, 0.29) is 0 Å². The molecule has 1 N–H and O–H groups in total. The second-order valence-electron chi connectivity index (χ2n) is 5.06. The molecule has 0 aliphatic carbocycles. The molecule has 0 atom stereocenters. The van der Waals surface area contributed by atoms with Crippen molar-refractivity contribution in [3.8, 4) is 5.75 Å². The fourth-order valence-electron chi connectivity index (χ4n) is 2.50. The van der Waals surface area contributed by atoms with Gasteiger partial charge in [-0.15, -0.1) is 0 Å². The van der Waals surface area contributed by atoms with Crippen LogP contribution in [0.5, 0.6) is 5.75 Å². The van der Waals surface area contributed by atoms with Gasteiger partial charge in [-0.1, -0.05) is 12.5 Å². The van der Waals surface area contributed by atoms with Gasteiger partial charge in [0.15, 0.2) is 5.82 Å². The van der Waals surface area contributed by atoms with Crippen LogP contribution < -0.4 is 10.1 Å². The third-order valence-electron chi connectivity index (χ3n) is 3.58. The lowest BCUT2D eigenvalue weighted by molar-refractivity contribution is 0.415. The average molecular weight is 272 g/mol. The summed E-state index contributed by atoms with van der Waals surface area (Å²) in [5.41, 5.74) is 1.02. The number of hydrogen-bond acceptors (Lipinski definition) is 4. The van der Waals surface area contributed by atoms with Crippen molar-refractivity contribution in [3.63, 3.8) is 0 Å². The number of benzene rings is 1. The van der Waals surface area contributed by atoms with Gasteiger partial charge in [0.1, 0.15) is 11.6 Å². The molecule has 0 fully saturated rings. The van der Waals surface area contributed by atoms with Crippen molar-refractivity contribution in [3.05, 3.63) is 35.9 Å². The van der Waals surface area contributed by atoms with Gasteiger partial charge in [0.2, 0.25) is 0 Å². The summed E-state index contributed by atoms with van der Waals surface area (Å²) in [5, 5.41) is 7.92. The zero-order valence-corrected chi connectivity index (χ0v) is 11.8. The van der Waals surface area contributed by atoms with Crippen LogP contribution in [0.25, 0.3) is 0 Å². The molecule has 106 valence electrons. The SMILES string of the molecule is COc1cccc(NCc2nc3n(n2)CCCCC3)c1. The zero-order chi connectivity index (χ0) is 13.8. The van der Waals surface area contributed by atoms with E-state index in [1.807, 2.05) is 24.3 Å². The lowest BCUT2D eigenvalue weighted by Crippen LogP contribution is -2.04. The summed E-state index contributed by atoms with van der Waals surface area (Å²) >= 11 is 0. The summed E-state index contributed by atoms with van der Waals surface area (Å²) in [6.45, 7) is 1.65. The Bertz CT molecular complexity index is 556. The van der Waals surface area contributed by atoms with Gasteiger partial charge in [-0.25, -0.2) is 9.67 Å². The van der Waals surface area contributed by atoms with Gasteiger partial charge in [-0.3, -0.25) is 0 Å². The molecular weight excluding hydrogens is 252 g/mol. The minimum absolute atomic E-state index is 0.646. The number of nitrogens with zero attached hydrogens (tertiary/aromatic N) is 3. The van der Waals surface area contributed by atoms with Gasteiger partial charge in [-0.05, 0) is 25.0 Å². The number of methoxy groups -OCH3 is 1. The van der Waals surface area contributed by atoms with Crippen LogP contribution in [0.2, 0.25) is 0 Å². The number of anilines is 1. The van der Waals surface area contributed by atoms with E-state index < -0.39 is 0 Å². The fourth-order valence-corrected chi connectivity index (χ4v) is 2.50. The Morgan fingerprint density at radius 1 is 1.30 bits per heavy atom. The molecule has 2 aromatic rings. The maximum absolute atomic E-state index is 5.21. The van der Waals surface area contributed by atoms with E-state index in [9.17, 15) is 0 Å². The third kappa shape index (κ3) is 2.92. The Labute approximate surface area is 119 Å². The largest absolute Gasteiger partial charge is 0.497 e. The Hall–Kier alpha value is -2.04. The van der Waals surface area contributed by atoms with Gasteiger partial charge < -0.3 is 10.1 Å². The van der Waals surface area contributed by atoms with Crippen LogP contribution >= 0.6 is 0 Å². The molecule has 1 aliphatic heterocycles. The van der Waals surface area contributed by atoms with Crippen molar-refractivity contribution in [2.75, 3.05) is 12.4 Å². The minimum Gasteiger partial charge on any atom is -0.497 e. The molecule has 0 saturated heterocycles. The normalized spacial score (nSPS) is 14.4. The van der Waals surface area contributed by atoms with E-state index in [0.717, 1.165) is 36.1 Å². The van der Waals surface area contributed by atoms with Crippen molar-refractivity contribution < 1.29 is 4.74 Å². The molecular formula is C15H20N4O. The molecule has 0 saturated carbocycles. The molecule has 0 radical (unpaired) electrons. The highest BCUT2D eigenvalue weighted by atomic mass is 16.5. The van der Waals surface area contributed by atoms with E-state index in [1.165, 1.54) is 19.3 Å². The Morgan fingerprint density at radius 2 is 2.25 bits per heavy atom. The number of aryl methyl sites for hydroxylation is 2. The average Bonchev–Trinajstić information content (AvgIpc) is 2.75. The van der Waals surface area contributed by atoms with Crippen LogP contribution in [0, 0.1) is 0 Å². The van der Waals surface area contributed by atoms with Crippen molar-refractivity contribution in [2.24, 2.45) is 0 Å². The number of ether oxygens (including phenoxy) is 1. The number of hydrogen-bond donors (Lipinski definition) is 1. The molecule has 0 unspecified atom stereocenters. The highest BCUT2D eigenvalue weighted by Gasteiger charge is 2.12. The molecule has 1 aromatic carbocycles. The van der Waals surface area contributed by atoms with E-state index in [0.29, 0.717) is 6.54 Å². The number of aromatic nitrogens is 3. The smallest absolute Gasteiger partial charge is 0.169 e. The topological polar surface area (TPSA) is 52.0 Å². The van der Waals surface area contributed by atoms with Crippen LogP contribution in [-0.2, 0) is 19.5 Å². The van der Waals surface area contributed by atoms with E-state index in [1.54, 1.807) is 7.11 Å². The maximum Gasteiger partial charge on any atom is 0.169 e. The number of nitrogens with one attached hydrogen (secondary N) is 1. The van der Waals surface area contributed by atoms with Crippen LogP contribution in [0.3, 0.4) is 0 Å². The molecule has 0 bridgehead atoms. The third-order valence-corrected chi connectivity index (χ3v) is 3.58. The summed E-state index contributed by atoms with van der Waals surface area (Å²) in [7, 11) is 1.67. The van der Waals surface area contributed by atoms with Crippen molar-refractivity contribution in [2.45, 2.75) is 38.8 Å². The molecule has 3 rings (SSSR count). The maximum atomic E-state index is 5.21. The van der Waals surface area contributed by atoms with E-state index >= 15 is 0 Å². The summed E-state index contributed by atoms with van der Waals surface area (Å²) in [6, 6.07) is 7.89. The quantitative estimate of drug-likeness (QED) is 0.929. The molecule has 5 nitrogen and oxygen atoms in total. The Morgan fingerprint density at radius 3 is 3.15 bits per heavy atom. The van der Waals surface area contributed by atoms with Crippen LogP contribution in [0.4, 0.5) is 5.69 Å². The van der Waals surface area contributed by atoms with Crippen molar-refractivity contribution in [1.82, 2.24) is 14.8 Å². The van der Waals surface area contributed by atoms with Crippen LogP contribution in [0.15, 0.2) is 24.3 Å². The van der Waals surface area contributed by atoms with Crippen molar-refractivity contribution in [1.29, 1.82) is 0 Å². The van der Waals surface area contributed by atoms with Crippen LogP contribution in [-0.4, -0.2) is 21.9 Å². The Balaban J connectivity index is 1.66. The standard InChI is InChI=1S/C15H20N4O/c1-20-13-7-5-6-12(10-13)16-11-14-17-15-8-3-2-4-9-19(15)18-14/h5-7,10,16H,2-4,8-9,11H2,1H3. The minimum atomic E-state index is 0.646. The molecule has 5 heteroatoms. The molecule has 2 heterocycles. The summed E-state index contributed by atoms with van der Waals surface area (Å²) in [5.74, 6) is 2.85. The second-order valence-corrected chi connectivity index (χ2v) is 5.06. The first-order valence-electron chi connectivity index (χ1n) is 7.16. The lowest BCUT2D eigenvalue weighted by atomic mass is 10.2. The molecule has 1 aliphatic rings. The van der Waals surface area contributed by atoms with Gasteiger partial charge in [0.05, 0.1) is 13.7 Å². The summed E-state index contributed by atoms with van der Waals surface area (Å²) in [4.78, 5) is 4.63. The first-order valence-corrected chi connectivity index (χ1v) is 7.16. The lowest BCUT2D eigenvalue weighted by Gasteiger charge is -2.05. The second kappa shape index (κ2) is 5.94. The van der Waals surface area contributed by atoms with Gasteiger partial charge in [-0.2, -0.15) is 5.10 Å².